The average Bonchev–Trinajstić information content (AvgIpc) is 3.28. The molecule has 0 unspecified atom stereocenters. The van der Waals surface area contributed by atoms with Crippen molar-refractivity contribution in [3.8, 4) is 22.8 Å². The van der Waals surface area contributed by atoms with Crippen LogP contribution in [0.25, 0.3) is 11.3 Å². The van der Waals surface area contributed by atoms with E-state index in [2.05, 4.69) is 15.5 Å². The molecule has 0 saturated heterocycles. The maximum Gasteiger partial charge on any atom is 0.260 e. The van der Waals surface area contributed by atoms with Crippen molar-refractivity contribution in [1.29, 1.82) is 0 Å². The van der Waals surface area contributed by atoms with Crippen molar-refractivity contribution in [2.24, 2.45) is 5.10 Å². The lowest BCUT2D eigenvalue weighted by Gasteiger charge is -2.19. The number of hydrogen-bond acceptors (Lipinski definition) is 7. The van der Waals surface area contributed by atoms with Gasteiger partial charge in [0.25, 0.3) is 5.91 Å². The molecule has 7 nitrogen and oxygen atoms in total. The van der Waals surface area contributed by atoms with Gasteiger partial charge >= 0.3 is 0 Å². The highest BCUT2D eigenvalue weighted by Gasteiger charge is 2.12. The Balaban J connectivity index is 1.60. The second-order valence-corrected chi connectivity index (χ2v) is 7.40. The minimum atomic E-state index is -0.0554. The van der Waals surface area contributed by atoms with E-state index >= 15 is 0 Å². The van der Waals surface area contributed by atoms with Gasteiger partial charge in [-0.05, 0) is 37.6 Å². The van der Waals surface area contributed by atoms with Gasteiger partial charge in [-0.25, -0.2) is 4.98 Å². The average molecular weight is 439 g/mol. The summed E-state index contributed by atoms with van der Waals surface area (Å²) in [6.07, 6.45) is 1.68. The maximum atomic E-state index is 12.1. The van der Waals surface area contributed by atoms with Crippen LogP contribution in [0.3, 0.4) is 0 Å². The molecule has 0 aliphatic carbocycles. The summed E-state index contributed by atoms with van der Waals surface area (Å²) in [4.78, 5) is 18.4. The number of likely N-dealkylation sites (N-methyl/N-ethyl adjacent to an activating group) is 1. The van der Waals surface area contributed by atoms with E-state index in [4.69, 9.17) is 9.47 Å². The first-order valence-electron chi connectivity index (χ1n) is 10.0. The standard InChI is InChI=1S/C23H26N4O3S/c1-4-27(5-2)22(28)15-30-20-12-11-17(13-21(20)29-3)14-24-26-23-25-19(16-31-23)18-9-7-6-8-10-18/h6-14,16H,4-5,15H2,1-3H3,(H,25,26). The van der Waals surface area contributed by atoms with E-state index in [1.165, 1.54) is 11.3 Å². The van der Waals surface area contributed by atoms with Crippen molar-refractivity contribution in [3.63, 3.8) is 0 Å². The summed E-state index contributed by atoms with van der Waals surface area (Å²) in [6, 6.07) is 15.4. The summed E-state index contributed by atoms with van der Waals surface area (Å²) in [7, 11) is 1.56. The summed E-state index contributed by atoms with van der Waals surface area (Å²) >= 11 is 1.49. The molecular weight excluding hydrogens is 412 g/mol. The number of nitrogens with zero attached hydrogens (tertiary/aromatic N) is 3. The van der Waals surface area contributed by atoms with Gasteiger partial charge in [0, 0.05) is 24.0 Å². The Kier molecular flexibility index (Phi) is 8.00. The number of nitrogens with one attached hydrogen (secondary N) is 1. The minimum Gasteiger partial charge on any atom is -0.493 e. The van der Waals surface area contributed by atoms with Crippen LogP contribution in [0.2, 0.25) is 0 Å². The van der Waals surface area contributed by atoms with Crippen LogP contribution in [0, 0.1) is 0 Å². The number of carbonyl (C=O) groups is 1. The number of aromatic nitrogens is 1. The fraction of sp³-hybridized carbons (Fsp3) is 0.261. The number of hydrazone groups is 1. The zero-order valence-corrected chi connectivity index (χ0v) is 18.7. The summed E-state index contributed by atoms with van der Waals surface area (Å²) in [5.41, 5.74) is 5.75. The van der Waals surface area contributed by atoms with Crippen LogP contribution < -0.4 is 14.9 Å². The normalized spacial score (nSPS) is 10.8. The van der Waals surface area contributed by atoms with Crippen LogP contribution in [0.4, 0.5) is 5.13 Å². The molecule has 1 aromatic heterocycles. The third kappa shape index (κ3) is 6.05. The molecule has 1 N–H and O–H groups in total. The van der Waals surface area contributed by atoms with Crippen LogP contribution in [-0.4, -0.2) is 48.8 Å². The predicted octanol–water partition coefficient (Wildman–Crippen LogP) is 4.51. The lowest BCUT2D eigenvalue weighted by atomic mass is 10.2. The molecule has 162 valence electrons. The SMILES string of the molecule is CCN(CC)C(=O)COc1ccc(C=NNc2nc(-c3ccccc3)cs2)cc1OC. The first-order valence-corrected chi connectivity index (χ1v) is 10.9. The monoisotopic (exact) mass is 438 g/mol. The van der Waals surface area contributed by atoms with Crippen molar-refractivity contribution in [1.82, 2.24) is 9.88 Å². The van der Waals surface area contributed by atoms with Gasteiger partial charge in [-0.2, -0.15) is 5.10 Å². The molecule has 2 aromatic carbocycles. The Morgan fingerprint density at radius 2 is 1.94 bits per heavy atom. The van der Waals surface area contributed by atoms with Crippen LogP contribution in [-0.2, 0) is 4.79 Å². The number of amides is 1. The highest BCUT2D eigenvalue weighted by Crippen LogP contribution is 2.28. The van der Waals surface area contributed by atoms with Gasteiger partial charge < -0.3 is 14.4 Å². The lowest BCUT2D eigenvalue weighted by Crippen LogP contribution is -2.34. The van der Waals surface area contributed by atoms with Gasteiger partial charge in [0.05, 0.1) is 19.0 Å². The molecule has 0 aliphatic heterocycles. The quantitative estimate of drug-likeness (QED) is 0.372. The first kappa shape index (κ1) is 22.3. The molecule has 3 aromatic rings. The van der Waals surface area contributed by atoms with Crippen LogP contribution in [0.15, 0.2) is 59.0 Å². The van der Waals surface area contributed by atoms with E-state index in [1.807, 2.05) is 55.6 Å². The van der Waals surface area contributed by atoms with Gasteiger partial charge in [-0.3, -0.25) is 10.2 Å². The van der Waals surface area contributed by atoms with E-state index in [9.17, 15) is 4.79 Å². The first-order chi connectivity index (χ1) is 15.1. The number of thiazole rings is 1. The van der Waals surface area contributed by atoms with Crippen molar-refractivity contribution in [2.75, 3.05) is 32.2 Å². The van der Waals surface area contributed by atoms with Crippen LogP contribution in [0.5, 0.6) is 11.5 Å². The topological polar surface area (TPSA) is 76.1 Å². The summed E-state index contributed by atoms with van der Waals surface area (Å²) < 4.78 is 11.1. The van der Waals surface area contributed by atoms with Gasteiger partial charge in [0.15, 0.2) is 18.1 Å². The maximum absolute atomic E-state index is 12.1. The number of carbonyl (C=O) groups excluding carboxylic acids is 1. The molecule has 0 atom stereocenters. The van der Waals surface area contributed by atoms with E-state index in [0.717, 1.165) is 16.8 Å². The van der Waals surface area contributed by atoms with Crippen molar-refractivity contribution in [2.45, 2.75) is 13.8 Å². The van der Waals surface area contributed by atoms with E-state index in [-0.39, 0.29) is 12.5 Å². The van der Waals surface area contributed by atoms with E-state index in [1.54, 1.807) is 30.4 Å². The molecule has 0 bridgehead atoms. The molecule has 1 amide bonds. The van der Waals surface area contributed by atoms with E-state index < -0.39 is 0 Å². The number of benzene rings is 2. The summed E-state index contributed by atoms with van der Waals surface area (Å²) in [5, 5.41) is 6.95. The number of methoxy groups -OCH3 is 1. The fourth-order valence-corrected chi connectivity index (χ4v) is 3.59. The largest absolute Gasteiger partial charge is 0.493 e. The second kappa shape index (κ2) is 11.1. The van der Waals surface area contributed by atoms with Gasteiger partial charge in [-0.15, -0.1) is 11.3 Å². The minimum absolute atomic E-state index is 0.0270. The van der Waals surface area contributed by atoms with Crippen molar-refractivity contribution in [3.05, 3.63) is 59.5 Å². The lowest BCUT2D eigenvalue weighted by molar-refractivity contribution is -0.132. The Labute approximate surface area is 186 Å². The molecule has 0 aliphatic rings. The fourth-order valence-electron chi connectivity index (χ4n) is 2.92. The summed E-state index contributed by atoms with van der Waals surface area (Å²) in [6.45, 7) is 5.17. The Bertz CT molecular complexity index is 1020. The highest BCUT2D eigenvalue weighted by molar-refractivity contribution is 7.14. The van der Waals surface area contributed by atoms with Gasteiger partial charge in [0.2, 0.25) is 5.13 Å². The number of anilines is 1. The van der Waals surface area contributed by atoms with Crippen LogP contribution in [0.1, 0.15) is 19.4 Å². The number of rotatable bonds is 10. The smallest absolute Gasteiger partial charge is 0.260 e. The third-order valence-corrected chi connectivity index (χ3v) is 5.35. The summed E-state index contributed by atoms with van der Waals surface area (Å²) in [5.74, 6) is 0.998. The number of hydrogen-bond donors (Lipinski definition) is 1. The van der Waals surface area contributed by atoms with E-state index in [0.29, 0.717) is 29.7 Å². The molecule has 31 heavy (non-hydrogen) atoms. The predicted molar refractivity (Wildman–Crippen MR) is 125 cm³/mol. The van der Waals surface area contributed by atoms with Gasteiger partial charge in [0.1, 0.15) is 0 Å². The Morgan fingerprint density at radius 3 is 2.65 bits per heavy atom. The Hall–Kier alpha value is -3.39. The highest BCUT2D eigenvalue weighted by atomic mass is 32.1. The third-order valence-electron chi connectivity index (χ3n) is 4.60. The molecular formula is C23H26N4O3S. The Morgan fingerprint density at radius 1 is 1.16 bits per heavy atom. The molecule has 0 saturated carbocycles. The molecule has 1 heterocycles. The van der Waals surface area contributed by atoms with Crippen molar-refractivity contribution < 1.29 is 14.3 Å². The molecule has 3 rings (SSSR count). The molecule has 8 heteroatoms. The van der Waals surface area contributed by atoms with Crippen LogP contribution >= 0.6 is 11.3 Å². The second-order valence-electron chi connectivity index (χ2n) is 6.54. The molecule has 0 fully saturated rings. The van der Waals surface area contributed by atoms with Gasteiger partial charge in [-0.1, -0.05) is 30.3 Å². The van der Waals surface area contributed by atoms with Crippen molar-refractivity contribution >= 4 is 28.6 Å². The number of ether oxygens (including phenoxy) is 2. The molecule has 0 spiro atoms. The molecule has 0 radical (unpaired) electrons. The zero-order chi connectivity index (χ0) is 22.1. The zero-order valence-electron chi connectivity index (χ0n) is 17.9.